The van der Waals surface area contributed by atoms with E-state index in [1.807, 2.05) is 24.5 Å². The topological polar surface area (TPSA) is 123 Å². The first-order valence-electron chi connectivity index (χ1n) is 12.5. The molecule has 0 saturated heterocycles. The van der Waals surface area contributed by atoms with Crippen LogP contribution in [0.2, 0.25) is 0 Å². The minimum absolute atomic E-state index is 0.0934. The van der Waals surface area contributed by atoms with E-state index < -0.39 is 24.2 Å². The predicted molar refractivity (Wildman–Crippen MR) is 171 cm³/mol. The number of rotatable bonds is 10. The zero-order chi connectivity index (χ0) is 29.2. The number of nitrogens with two attached hydrogens (primary N) is 1. The number of carbonyl (C=O) groups is 2. The molecule has 0 unspecified atom stereocenters. The number of phenols is 1. The number of halogens is 1. The van der Waals surface area contributed by atoms with Gasteiger partial charge in [0, 0.05) is 25.8 Å². The molecule has 2 atom stereocenters. The van der Waals surface area contributed by atoms with Crippen LogP contribution in [0.25, 0.3) is 0 Å². The molecule has 4 rings (SSSR count). The van der Waals surface area contributed by atoms with Gasteiger partial charge in [-0.3, -0.25) is 10.1 Å². The molecule has 4 aromatic rings. The molecule has 2 amide bonds. The number of para-hydroxylation sites is 3. The zero-order valence-corrected chi connectivity index (χ0v) is 25.0. The highest BCUT2D eigenvalue weighted by molar-refractivity contribution is 14.1. The number of benzene rings is 4. The summed E-state index contributed by atoms with van der Waals surface area (Å²) in [6, 6.07) is 28.0. The average Bonchev–Trinajstić information content (AvgIpc) is 2.97. The van der Waals surface area contributed by atoms with Gasteiger partial charge < -0.3 is 25.6 Å². The van der Waals surface area contributed by atoms with Crippen LogP contribution in [0.1, 0.15) is 11.7 Å². The van der Waals surface area contributed by atoms with Gasteiger partial charge in [0.05, 0.1) is 11.4 Å². The molecule has 0 radical (unpaired) electrons. The molecule has 0 heterocycles. The predicted octanol–water partition coefficient (Wildman–Crippen LogP) is 7.23. The summed E-state index contributed by atoms with van der Waals surface area (Å²) in [5, 5.41) is 16.2. The number of amides is 2. The van der Waals surface area contributed by atoms with Crippen molar-refractivity contribution in [3.8, 4) is 11.5 Å². The Morgan fingerprint density at radius 3 is 2.37 bits per heavy atom. The summed E-state index contributed by atoms with van der Waals surface area (Å²) in [6.07, 6.45) is 1.81. The van der Waals surface area contributed by atoms with Crippen LogP contribution in [0.15, 0.2) is 114 Å². The Balaban J connectivity index is 1.66. The Hall–Kier alpha value is -4.16. The van der Waals surface area contributed by atoms with Crippen molar-refractivity contribution < 1.29 is 24.2 Å². The van der Waals surface area contributed by atoms with Crippen LogP contribution in [0, 0.1) is 3.57 Å². The first-order valence-corrected chi connectivity index (χ1v) is 14.8. The Kier molecular flexibility index (Phi) is 10.5. The number of hydrogen-bond donors (Lipinski definition) is 4. The van der Waals surface area contributed by atoms with Crippen molar-refractivity contribution in [2.75, 3.05) is 22.6 Å². The number of nitrogen functional groups attached to an aromatic ring is 1. The van der Waals surface area contributed by atoms with E-state index in [0.717, 1.165) is 8.47 Å². The van der Waals surface area contributed by atoms with Crippen LogP contribution < -0.4 is 21.1 Å². The maximum atomic E-state index is 13.1. The molecule has 41 heavy (non-hydrogen) atoms. The second kappa shape index (κ2) is 14.5. The highest BCUT2D eigenvalue weighted by atomic mass is 127. The third kappa shape index (κ3) is 8.66. The number of aromatic hydroxyl groups is 1. The summed E-state index contributed by atoms with van der Waals surface area (Å²) < 4.78 is 12.9. The summed E-state index contributed by atoms with van der Waals surface area (Å²) in [5.41, 5.74) is 7.67. The lowest BCUT2D eigenvalue weighted by molar-refractivity contribution is -0.112. The highest BCUT2D eigenvalue weighted by Gasteiger charge is 2.30. The van der Waals surface area contributed by atoms with E-state index in [9.17, 15) is 14.7 Å². The zero-order valence-electron chi connectivity index (χ0n) is 22.0. The molecule has 0 spiro atoms. The van der Waals surface area contributed by atoms with E-state index in [-0.39, 0.29) is 5.75 Å². The van der Waals surface area contributed by atoms with E-state index in [1.54, 1.807) is 84.6 Å². The lowest BCUT2D eigenvalue weighted by Crippen LogP contribution is -2.30. The molecular weight excluding hydrogens is 653 g/mol. The summed E-state index contributed by atoms with van der Waals surface area (Å²) in [5.74, 6) is -0.0840. The van der Waals surface area contributed by atoms with Gasteiger partial charge in [0.2, 0.25) is 5.91 Å². The maximum absolute atomic E-state index is 13.1. The quantitative estimate of drug-likeness (QED) is 0.0603. The van der Waals surface area contributed by atoms with Crippen LogP contribution in [0.4, 0.5) is 21.9 Å². The van der Waals surface area contributed by atoms with Crippen molar-refractivity contribution in [2.45, 2.75) is 17.1 Å². The largest absolute Gasteiger partial charge is 0.508 e. The van der Waals surface area contributed by atoms with Crippen LogP contribution in [-0.2, 0) is 9.53 Å². The van der Waals surface area contributed by atoms with Crippen LogP contribution in [0.3, 0.4) is 0 Å². The fourth-order valence-electron chi connectivity index (χ4n) is 3.82. The van der Waals surface area contributed by atoms with Gasteiger partial charge in [0.25, 0.3) is 0 Å². The van der Waals surface area contributed by atoms with Gasteiger partial charge in [-0.05, 0) is 102 Å². The number of thioether (sulfide) groups is 1. The molecule has 0 aliphatic rings. The molecule has 0 aliphatic carbocycles. The third-order valence-electron chi connectivity index (χ3n) is 5.84. The van der Waals surface area contributed by atoms with Crippen LogP contribution in [0.5, 0.6) is 11.5 Å². The molecule has 210 valence electrons. The maximum Gasteiger partial charge on any atom is 0.412 e. The normalized spacial score (nSPS) is 12.3. The molecule has 5 N–H and O–H groups in total. The Bertz CT molecular complexity index is 1520. The Morgan fingerprint density at radius 2 is 1.66 bits per heavy atom. The van der Waals surface area contributed by atoms with Crippen molar-refractivity contribution in [3.05, 3.63) is 118 Å². The minimum atomic E-state index is -1.14. The number of phenolic OH excluding ortho intramolecular Hbond substituents is 1. The first-order chi connectivity index (χ1) is 19.8. The monoisotopic (exact) mass is 681 g/mol. The van der Waals surface area contributed by atoms with Gasteiger partial charge in [0.1, 0.15) is 11.5 Å². The first kappa shape index (κ1) is 29.8. The SMILES string of the molecule is CSc1ccc(NC(=O)O[C@@H](c2cc(I)ccc2O)[C@H](/C=C/C(=O)Nc2ccccc2N)Oc2ccccc2)cc1. The van der Waals surface area contributed by atoms with Gasteiger partial charge in [-0.2, -0.15) is 0 Å². The van der Waals surface area contributed by atoms with Gasteiger partial charge in [-0.1, -0.05) is 30.3 Å². The summed E-state index contributed by atoms with van der Waals surface area (Å²) in [4.78, 5) is 27.0. The molecule has 0 fully saturated rings. The van der Waals surface area contributed by atoms with E-state index in [2.05, 4.69) is 33.2 Å². The highest BCUT2D eigenvalue weighted by Crippen LogP contribution is 2.34. The van der Waals surface area contributed by atoms with Gasteiger partial charge >= 0.3 is 6.09 Å². The average molecular weight is 682 g/mol. The Labute approximate surface area is 256 Å². The number of carbonyl (C=O) groups excluding carboxylic acids is 2. The van der Waals surface area contributed by atoms with E-state index in [1.165, 1.54) is 18.2 Å². The van der Waals surface area contributed by atoms with E-state index in [0.29, 0.717) is 28.4 Å². The lowest BCUT2D eigenvalue weighted by Gasteiger charge is -2.27. The fourth-order valence-corrected chi connectivity index (χ4v) is 4.75. The standard InChI is InChI=1S/C31H28IN3O5S/c1-41-23-14-12-21(13-15-23)34-31(38)40-30(24-19-20(32)11-16-27(24)36)28(39-22-7-3-2-4-8-22)17-18-29(37)35-26-10-6-5-9-25(26)33/h2-19,28,30,36H,33H2,1H3,(H,34,38)(H,35,37)/b18-17+/t28-,30-/m0/s1. The number of hydrogen-bond acceptors (Lipinski definition) is 7. The third-order valence-corrected chi connectivity index (χ3v) is 7.25. The molecule has 8 nitrogen and oxygen atoms in total. The number of anilines is 3. The molecule has 0 aromatic heterocycles. The molecule has 0 aliphatic heterocycles. The van der Waals surface area contributed by atoms with Crippen molar-refractivity contribution in [2.24, 2.45) is 0 Å². The van der Waals surface area contributed by atoms with Crippen molar-refractivity contribution in [1.29, 1.82) is 0 Å². The van der Waals surface area contributed by atoms with Crippen molar-refractivity contribution in [1.82, 2.24) is 0 Å². The molecule has 0 bridgehead atoms. The fraction of sp³-hybridized carbons (Fsp3) is 0.0968. The summed E-state index contributed by atoms with van der Waals surface area (Å²) in [6.45, 7) is 0. The number of nitrogens with one attached hydrogen (secondary N) is 2. The van der Waals surface area contributed by atoms with Crippen LogP contribution in [-0.4, -0.2) is 29.5 Å². The van der Waals surface area contributed by atoms with Crippen molar-refractivity contribution in [3.63, 3.8) is 0 Å². The second-order valence-electron chi connectivity index (χ2n) is 8.71. The van der Waals surface area contributed by atoms with E-state index >= 15 is 0 Å². The minimum Gasteiger partial charge on any atom is -0.508 e. The molecule has 4 aromatic carbocycles. The lowest BCUT2D eigenvalue weighted by atomic mass is 10.0. The molecule has 10 heteroatoms. The number of ether oxygens (including phenoxy) is 2. The van der Waals surface area contributed by atoms with Gasteiger partial charge in [0.15, 0.2) is 12.2 Å². The molecular formula is C31H28IN3O5S. The van der Waals surface area contributed by atoms with Gasteiger partial charge in [-0.25, -0.2) is 4.79 Å². The summed E-state index contributed by atoms with van der Waals surface area (Å²) >= 11 is 3.69. The van der Waals surface area contributed by atoms with Crippen molar-refractivity contribution >= 4 is 63.4 Å². The van der Waals surface area contributed by atoms with Gasteiger partial charge in [-0.15, -0.1) is 11.8 Å². The molecule has 0 saturated carbocycles. The van der Waals surface area contributed by atoms with E-state index in [4.69, 9.17) is 15.2 Å². The Morgan fingerprint density at radius 1 is 0.951 bits per heavy atom. The summed E-state index contributed by atoms with van der Waals surface area (Å²) in [7, 11) is 0. The smallest absolute Gasteiger partial charge is 0.412 e. The second-order valence-corrected chi connectivity index (χ2v) is 10.8. The van der Waals surface area contributed by atoms with Crippen LogP contribution >= 0.6 is 34.4 Å².